The first-order valence-corrected chi connectivity index (χ1v) is 9.03. The Morgan fingerprint density at radius 1 is 1.23 bits per heavy atom. The van der Waals surface area contributed by atoms with Crippen molar-refractivity contribution in [2.24, 2.45) is 0 Å². The third kappa shape index (κ3) is 3.72. The Morgan fingerprint density at radius 2 is 2.12 bits per heavy atom. The van der Waals surface area contributed by atoms with Crippen molar-refractivity contribution in [2.45, 2.75) is 18.8 Å². The Kier molecular flexibility index (Phi) is 4.88. The Hall–Kier alpha value is -2.80. The molecule has 3 aromatic rings. The molecule has 1 aliphatic rings. The molecule has 0 spiro atoms. The van der Waals surface area contributed by atoms with Gasteiger partial charge >= 0.3 is 0 Å². The largest absolute Gasteiger partial charge is 0.351 e. The van der Waals surface area contributed by atoms with Crippen LogP contribution in [-0.2, 0) is 0 Å². The Balaban J connectivity index is 1.29. The molecule has 0 bridgehead atoms. The molecule has 0 saturated carbocycles. The summed E-state index contributed by atoms with van der Waals surface area (Å²) in [4.78, 5) is 14.8. The Morgan fingerprint density at radius 3 is 3.00 bits per heavy atom. The van der Waals surface area contributed by atoms with Crippen LogP contribution in [0.5, 0.6) is 0 Å². The second kappa shape index (κ2) is 7.61. The number of pyridine rings is 1. The summed E-state index contributed by atoms with van der Waals surface area (Å²) in [5.41, 5.74) is 2.56. The van der Waals surface area contributed by atoms with E-state index in [1.807, 2.05) is 0 Å². The molecular formula is C19H22N6O. The van der Waals surface area contributed by atoms with Crippen LogP contribution in [-0.4, -0.2) is 57.0 Å². The zero-order valence-corrected chi connectivity index (χ0v) is 14.6. The summed E-state index contributed by atoms with van der Waals surface area (Å²) in [5, 5.41) is 14.2. The number of amides is 1. The van der Waals surface area contributed by atoms with Gasteiger partial charge in [0.05, 0.1) is 0 Å². The SMILES string of the molecule is O=C(NCCN1CCCC(c2ccccc2)C1)c1ccn2nnnc2c1. The smallest absolute Gasteiger partial charge is 0.251 e. The van der Waals surface area contributed by atoms with Crippen molar-refractivity contribution < 1.29 is 4.79 Å². The number of nitrogens with one attached hydrogen (secondary N) is 1. The van der Waals surface area contributed by atoms with Crippen LogP contribution in [0.15, 0.2) is 48.7 Å². The molecule has 7 heteroatoms. The van der Waals surface area contributed by atoms with Gasteiger partial charge in [-0.25, -0.2) is 4.52 Å². The third-order valence-electron chi connectivity index (χ3n) is 4.95. The summed E-state index contributed by atoms with van der Waals surface area (Å²) in [5.74, 6) is 0.496. The van der Waals surface area contributed by atoms with Crippen LogP contribution in [0, 0.1) is 0 Å². The number of aromatic nitrogens is 4. The molecule has 1 atom stereocenters. The van der Waals surface area contributed by atoms with Crippen molar-refractivity contribution in [3.8, 4) is 0 Å². The molecule has 1 unspecified atom stereocenters. The van der Waals surface area contributed by atoms with E-state index in [1.165, 1.54) is 22.9 Å². The lowest BCUT2D eigenvalue weighted by atomic mass is 9.91. The first-order valence-electron chi connectivity index (χ1n) is 9.03. The molecule has 0 aliphatic carbocycles. The zero-order chi connectivity index (χ0) is 17.8. The van der Waals surface area contributed by atoms with Gasteiger partial charge in [0, 0.05) is 31.4 Å². The lowest BCUT2D eigenvalue weighted by molar-refractivity contribution is 0.0945. The van der Waals surface area contributed by atoms with E-state index in [2.05, 4.69) is 56.1 Å². The molecule has 134 valence electrons. The van der Waals surface area contributed by atoms with E-state index in [1.54, 1.807) is 18.3 Å². The highest BCUT2D eigenvalue weighted by molar-refractivity contribution is 5.94. The van der Waals surface area contributed by atoms with Crippen molar-refractivity contribution in [2.75, 3.05) is 26.2 Å². The first kappa shape index (κ1) is 16.7. The Labute approximate surface area is 152 Å². The van der Waals surface area contributed by atoms with Crippen molar-refractivity contribution in [1.29, 1.82) is 0 Å². The van der Waals surface area contributed by atoms with Crippen LogP contribution in [0.25, 0.3) is 5.65 Å². The lowest BCUT2D eigenvalue weighted by Gasteiger charge is -2.33. The highest BCUT2D eigenvalue weighted by Crippen LogP contribution is 2.26. The fourth-order valence-electron chi connectivity index (χ4n) is 3.57. The van der Waals surface area contributed by atoms with Crippen LogP contribution < -0.4 is 5.32 Å². The molecule has 4 rings (SSSR count). The standard InChI is InChI=1S/C19H22N6O/c26-19(16-8-11-25-18(13-16)21-22-23-25)20-9-12-24-10-4-7-17(14-24)15-5-2-1-3-6-15/h1-3,5-6,8,11,13,17H,4,7,9-10,12,14H2,(H,20,26). The number of hydrogen-bond acceptors (Lipinski definition) is 5. The van der Waals surface area contributed by atoms with Crippen LogP contribution in [0.2, 0.25) is 0 Å². The fourth-order valence-corrected chi connectivity index (χ4v) is 3.57. The molecule has 2 aromatic heterocycles. The zero-order valence-electron chi connectivity index (χ0n) is 14.6. The number of carbonyl (C=O) groups excluding carboxylic acids is 1. The number of nitrogens with zero attached hydrogens (tertiary/aromatic N) is 5. The van der Waals surface area contributed by atoms with E-state index < -0.39 is 0 Å². The van der Waals surface area contributed by atoms with E-state index in [9.17, 15) is 4.79 Å². The average molecular weight is 350 g/mol. The van der Waals surface area contributed by atoms with Crippen molar-refractivity contribution in [3.05, 3.63) is 59.8 Å². The van der Waals surface area contributed by atoms with Crippen LogP contribution in [0.4, 0.5) is 0 Å². The maximum atomic E-state index is 12.3. The van der Waals surface area contributed by atoms with Gasteiger partial charge in [0.25, 0.3) is 5.91 Å². The molecule has 26 heavy (non-hydrogen) atoms. The van der Waals surface area contributed by atoms with Crippen molar-refractivity contribution >= 4 is 11.6 Å². The van der Waals surface area contributed by atoms with Crippen LogP contribution in [0.1, 0.15) is 34.7 Å². The van der Waals surface area contributed by atoms with Gasteiger partial charge in [-0.1, -0.05) is 30.3 Å². The van der Waals surface area contributed by atoms with Gasteiger partial charge in [-0.05, 0) is 53.4 Å². The van der Waals surface area contributed by atoms with E-state index >= 15 is 0 Å². The quantitative estimate of drug-likeness (QED) is 0.758. The van der Waals surface area contributed by atoms with E-state index in [4.69, 9.17) is 0 Å². The first-order chi connectivity index (χ1) is 12.8. The number of carbonyl (C=O) groups is 1. The maximum absolute atomic E-state index is 12.3. The minimum absolute atomic E-state index is 0.0906. The number of piperidine rings is 1. The average Bonchev–Trinajstić information content (AvgIpc) is 3.17. The molecule has 1 aromatic carbocycles. The minimum Gasteiger partial charge on any atom is -0.351 e. The molecule has 7 nitrogen and oxygen atoms in total. The normalized spacial score (nSPS) is 18.1. The lowest BCUT2D eigenvalue weighted by Crippen LogP contribution is -2.40. The predicted molar refractivity (Wildman–Crippen MR) is 98.0 cm³/mol. The molecule has 1 fully saturated rings. The number of fused-ring (bicyclic) bond motifs is 1. The van der Waals surface area contributed by atoms with Crippen LogP contribution in [0.3, 0.4) is 0 Å². The van der Waals surface area contributed by atoms with Gasteiger partial charge < -0.3 is 10.2 Å². The molecule has 1 amide bonds. The molecular weight excluding hydrogens is 328 g/mol. The van der Waals surface area contributed by atoms with E-state index in [0.29, 0.717) is 23.7 Å². The minimum atomic E-state index is -0.0906. The summed E-state index contributed by atoms with van der Waals surface area (Å²) in [6, 6.07) is 14.1. The Bertz CT molecular complexity index is 878. The van der Waals surface area contributed by atoms with Gasteiger partial charge in [0.1, 0.15) is 0 Å². The van der Waals surface area contributed by atoms with Gasteiger partial charge in [-0.15, -0.1) is 5.10 Å². The summed E-state index contributed by atoms with van der Waals surface area (Å²) < 4.78 is 1.54. The van der Waals surface area contributed by atoms with E-state index in [-0.39, 0.29) is 5.91 Å². The van der Waals surface area contributed by atoms with Crippen molar-refractivity contribution in [3.63, 3.8) is 0 Å². The van der Waals surface area contributed by atoms with Gasteiger partial charge in [0.2, 0.25) is 0 Å². The fraction of sp³-hybridized carbons (Fsp3) is 0.368. The topological polar surface area (TPSA) is 75.4 Å². The monoisotopic (exact) mass is 350 g/mol. The molecule has 3 heterocycles. The van der Waals surface area contributed by atoms with E-state index in [0.717, 1.165) is 19.6 Å². The molecule has 1 N–H and O–H groups in total. The summed E-state index contributed by atoms with van der Waals surface area (Å²) in [6.07, 6.45) is 4.13. The summed E-state index contributed by atoms with van der Waals surface area (Å²) in [7, 11) is 0. The number of hydrogen-bond donors (Lipinski definition) is 1. The van der Waals surface area contributed by atoms with Crippen LogP contribution >= 0.6 is 0 Å². The number of benzene rings is 1. The van der Waals surface area contributed by atoms with Gasteiger partial charge in [0.15, 0.2) is 5.65 Å². The van der Waals surface area contributed by atoms with Crippen molar-refractivity contribution in [1.82, 2.24) is 30.3 Å². The molecule has 1 aliphatic heterocycles. The maximum Gasteiger partial charge on any atom is 0.251 e. The summed E-state index contributed by atoms with van der Waals surface area (Å²) in [6.45, 7) is 3.65. The molecule has 1 saturated heterocycles. The predicted octanol–water partition coefficient (Wildman–Crippen LogP) is 1.73. The summed E-state index contributed by atoms with van der Waals surface area (Å²) >= 11 is 0. The second-order valence-electron chi connectivity index (χ2n) is 6.70. The second-order valence-corrected chi connectivity index (χ2v) is 6.70. The number of tetrazole rings is 1. The number of rotatable bonds is 5. The van der Waals surface area contributed by atoms with Gasteiger partial charge in [-0.2, -0.15) is 0 Å². The highest BCUT2D eigenvalue weighted by Gasteiger charge is 2.21. The highest BCUT2D eigenvalue weighted by atomic mass is 16.1. The van der Waals surface area contributed by atoms with Gasteiger partial charge in [-0.3, -0.25) is 4.79 Å². The number of likely N-dealkylation sites (tertiary alicyclic amines) is 1. The third-order valence-corrected chi connectivity index (χ3v) is 4.95. The molecule has 0 radical (unpaired) electrons.